The van der Waals surface area contributed by atoms with Crippen molar-refractivity contribution in [3.8, 4) is 0 Å². The minimum atomic E-state index is -0.140. The van der Waals surface area contributed by atoms with E-state index in [0.717, 1.165) is 22.0 Å². The molecule has 1 fully saturated rings. The van der Waals surface area contributed by atoms with Crippen LogP contribution in [0.5, 0.6) is 0 Å². The van der Waals surface area contributed by atoms with Crippen molar-refractivity contribution in [1.29, 1.82) is 0 Å². The van der Waals surface area contributed by atoms with E-state index in [2.05, 4.69) is 23.5 Å². The lowest BCUT2D eigenvalue weighted by Crippen LogP contribution is -2.30. The Morgan fingerprint density at radius 2 is 1.58 bits per heavy atom. The molecule has 1 aliphatic heterocycles. The lowest BCUT2D eigenvalue weighted by Gasteiger charge is -2.13. The second-order valence-electron chi connectivity index (χ2n) is 5.53. The maximum Gasteiger partial charge on any atom is 0.281 e. The Morgan fingerprint density at radius 3 is 2.42 bits per heavy atom. The Hall–Kier alpha value is -2.98. The van der Waals surface area contributed by atoms with E-state index in [4.69, 9.17) is 12.2 Å². The highest BCUT2D eigenvalue weighted by Crippen LogP contribution is 2.25. The highest BCUT2D eigenvalue weighted by molar-refractivity contribution is 7.80. The summed E-state index contributed by atoms with van der Waals surface area (Å²) in [5.74, 6) is -0.140. The molecule has 1 heterocycles. The summed E-state index contributed by atoms with van der Waals surface area (Å²) in [5.41, 5.74) is 2.24. The van der Waals surface area contributed by atoms with E-state index >= 15 is 0 Å². The van der Waals surface area contributed by atoms with Crippen LogP contribution in [-0.4, -0.2) is 11.0 Å². The van der Waals surface area contributed by atoms with Gasteiger partial charge in [0.2, 0.25) is 0 Å². The number of hydrogen-bond acceptors (Lipinski definition) is 2. The molecule has 1 N–H and O–H groups in total. The molecule has 0 atom stereocenters. The normalized spacial score (nSPS) is 16.0. The van der Waals surface area contributed by atoms with Crippen LogP contribution in [0, 0.1) is 0 Å². The lowest BCUT2D eigenvalue weighted by atomic mass is 10.0. The summed E-state index contributed by atoms with van der Waals surface area (Å²) >= 11 is 5.34. The van der Waals surface area contributed by atoms with Crippen LogP contribution >= 0.6 is 12.2 Å². The number of anilines is 1. The van der Waals surface area contributed by atoms with Crippen LogP contribution in [0.3, 0.4) is 0 Å². The van der Waals surface area contributed by atoms with Crippen LogP contribution in [0.2, 0.25) is 0 Å². The molecular formula is C20H14N2OS. The summed E-state index contributed by atoms with van der Waals surface area (Å²) in [4.78, 5) is 14.3. The van der Waals surface area contributed by atoms with E-state index in [1.165, 1.54) is 4.90 Å². The maximum atomic E-state index is 12.8. The molecule has 4 heteroatoms. The molecule has 116 valence electrons. The molecule has 0 unspecified atom stereocenters. The first-order valence-corrected chi connectivity index (χ1v) is 8.05. The van der Waals surface area contributed by atoms with Gasteiger partial charge in [0.05, 0.1) is 5.69 Å². The molecule has 1 saturated heterocycles. The molecule has 3 nitrogen and oxygen atoms in total. The zero-order chi connectivity index (χ0) is 16.5. The summed E-state index contributed by atoms with van der Waals surface area (Å²) in [6, 6.07) is 23.6. The largest absolute Gasteiger partial charge is 0.327 e. The number of para-hydroxylation sites is 1. The van der Waals surface area contributed by atoms with Gasteiger partial charge in [-0.3, -0.25) is 9.69 Å². The standard InChI is InChI=1S/C20H14N2OS/c23-19-18(21-20(24)22(19)16-10-2-1-3-11-16)13-15-9-6-8-14-7-4-5-12-17(14)15/h1-13H,(H,21,24)/b18-13-. The Balaban J connectivity index is 1.76. The number of thiocarbonyl (C=S) groups is 1. The summed E-state index contributed by atoms with van der Waals surface area (Å²) < 4.78 is 0. The molecular weight excluding hydrogens is 316 g/mol. The van der Waals surface area contributed by atoms with Crippen LogP contribution in [0.25, 0.3) is 16.8 Å². The molecule has 1 amide bonds. The first-order chi connectivity index (χ1) is 11.7. The zero-order valence-corrected chi connectivity index (χ0v) is 13.6. The number of amides is 1. The van der Waals surface area contributed by atoms with Gasteiger partial charge in [0, 0.05) is 0 Å². The Morgan fingerprint density at radius 1 is 0.875 bits per heavy atom. The van der Waals surface area contributed by atoms with Crippen LogP contribution in [0.1, 0.15) is 5.56 Å². The van der Waals surface area contributed by atoms with Crippen LogP contribution in [-0.2, 0) is 4.79 Å². The third-order valence-electron chi connectivity index (χ3n) is 4.02. The number of hydrogen-bond donors (Lipinski definition) is 1. The number of rotatable bonds is 2. The Kier molecular flexibility index (Phi) is 3.59. The third kappa shape index (κ3) is 2.47. The van der Waals surface area contributed by atoms with Gasteiger partial charge >= 0.3 is 0 Å². The van der Waals surface area contributed by atoms with Gasteiger partial charge in [-0.15, -0.1) is 0 Å². The second kappa shape index (κ2) is 5.91. The van der Waals surface area contributed by atoms with Crippen molar-refractivity contribution in [2.24, 2.45) is 0 Å². The zero-order valence-electron chi connectivity index (χ0n) is 12.8. The highest BCUT2D eigenvalue weighted by Gasteiger charge is 2.31. The van der Waals surface area contributed by atoms with Crippen molar-refractivity contribution in [3.63, 3.8) is 0 Å². The number of carbonyl (C=O) groups is 1. The quantitative estimate of drug-likeness (QED) is 0.567. The number of fused-ring (bicyclic) bond motifs is 1. The molecule has 0 spiro atoms. The fourth-order valence-electron chi connectivity index (χ4n) is 2.88. The minimum Gasteiger partial charge on any atom is -0.327 e. The van der Waals surface area contributed by atoms with Crippen LogP contribution in [0.4, 0.5) is 5.69 Å². The molecule has 0 aromatic heterocycles. The first-order valence-electron chi connectivity index (χ1n) is 7.64. The average Bonchev–Trinajstić information content (AvgIpc) is 2.90. The van der Waals surface area contributed by atoms with Crippen LogP contribution in [0.15, 0.2) is 78.5 Å². The van der Waals surface area contributed by atoms with Crippen molar-refractivity contribution in [1.82, 2.24) is 5.32 Å². The third-order valence-corrected chi connectivity index (χ3v) is 4.30. The van der Waals surface area contributed by atoms with Crippen molar-refractivity contribution < 1.29 is 4.79 Å². The second-order valence-corrected chi connectivity index (χ2v) is 5.92. The monoisotopic (exact) mass is 330 g/mol. The number of benzene rings is 3. The summed E-state index contributed by atoms with van der Waals surface area (Å²) in [7, 11) is 0. The lowest BCUT2D eigenvalue weighted by molar-refractivity contribution is -0.113. The molecule has 24 heavy (non-hydrogen) atoms. The van der Waals surface area contributed by atoms with Gasteiger partial charge in [-0.25, -0.2) is 0 Å². The fourth-order valence-corrected chi connectivity index (χ4v) is 3.18. The first kappa shape index (κ1) is 14.6. The molecule has 4 rings (SSSR count). The Bertz CT molecular complexity index is 974. The smallest absolute Gasteiger partial charge is 0.281 e. The van der Waals surface area contributed by atoms with Crippen molar-refractivity contribution in [2.45, 2.75) is 0 Å². The van der Waals surface area contributed by atoms with Crippen molar-refractivity contribution >= 4 is 45.8 Å². The summed E-state index contributed by atoms with van der Waals surface area (Å²) in [6.07, 6.45) is 1.86. The summed E-state index contributed by atoms with van der Waals surface area (Å²) in [5, 5.41) is 5.68. The van der Waals surface area contributed by atoms with Gasteiger partial charge < -0.3 is 5.32 Å². The van der Waals surface area contributed by atoms with Gasteiger partial charge in [0.1, 0.15) is 5.70 Å². The molecule has 0 bridgehead atoms. The van der Waals surface area contributed by atoms with E-state index in [9.17, 15) is 4.79 Å². The van der Waals surface area contributed by atoms with E-state index in [1.807, 2.05) is 60.7 Å². The van der Waals surface area contributed by atoms with E-state index in [1.54, 1.807) is 0 Å². The predicted octanol–water partition coefficient (Wildman–Crippen LogP) is 4.10. The molecule has 0 aliphatic carbocycles. The SMILES string of the molecule is O=C1/C(=C/c2cccc3ccccc23)NC(=S)N1c1ccccc1. The van der Waals surface area contributed by atoms with Gasteiger partial charge in [0.15, 0.2) is 5.11 Å². The average molecular weight is 330 g/mol. The van der Waals surface area contributed by atoms with Gasteiger partial charge in [-0.2, -0.15) is 0 Å². The Labute approximate surface area is 145 Å². The van der Waals surface area contributed by atoms with Gasteiger partial charge in [-0.05, 0) is 46.8 Å². The molecule has 0 radical (unpaired) electrons. The number of carbonyl (C=O) groups excluding carboxylic acids is 1. The number of nitrogens with one attached hydrogen (secondary N) is 1. The summed E-state index contributed by atoms with van der Waals surface area (Å²) in [6.45, 7) is 0. The van der Waals surface area contributed by atoms with Crippen LogP contribution < -0.4 is 10.2 Å². The minimum absolute atomic E-state index is 0.140. The van der Waals surface area contributed by atoms with E-state index in [-0.39, 0.29) is 5.91 Å². The topological polar surface area (TPSA) is 32.3 Å². The maximum absolute atomic E-state index is 12.8. The molecule has 3 aromatic rings. The molecule has 3 aromatic carbocycles. The predicted molar refractivity (Wildman–Crippen MR) is 102 cm³/mol. The van der Waals surface area contributed by atoms with Gasteiger partial charge in [0.25, 0.3) is 5.91 Å². The van der Waals surface area contributed by atoms with Crippen molar-refractivity contribution in [3.05, 3.63) is 84.1 Å². The van der Waals surface area contributed by atoms with Crippen molar-refractivity contribution in [2.75, 3.05) is 4.90 Å². The highest BCUT2D eigenvalue weighted by atomic mass is 32.1. The number of nitrogens with zero attached hydrogens (tertiary/aromatic N) is 1. The van der Waals surface area contributed by atoms with E-state index in [0.29, 0.717) is 10.8 Å². The fraction of sp³-hybridized carbons (Fsp3) is 0. The molecule has 1 aliphatic rings. The van der Waals surface area contributed by atoms with Gasteiger partial charge in [-0.1, -0.05) is 60.7 Å². The van der Waals surface area contributed by atoms with E-state index < -0.39 is 0 Å². The molecule has 0 saturated carbocycles.